The minimum atomic E-state index is -0.605. The molecule has 19 heavy (non-hydrogen) atoms. The average molecular weight is 278 g/mol. The van der Waals surface area contributed by atoms with E-state index in [-0.39, 0.29) is 5.91 Å². The van der Waals surface area contributed by atoms with Crippen LogP contribution in [0.2, 0.25) is 0 Å². The predicted molar refractivity (Wildman–Crippen MR) is 83.2 cm³/mol. The van der Waals surface area contributed by atoms with Gasteiger partial charge in [-0.2, -0.15) is 0 Å². The number of carbonyl (C=O) groups excluding carboxylic acids is 1. The first kappa shape index (κ1) is 15.6. The highest BCUT2D eigenvalue weighted by Crippen LogP contribution is 2.13. The van der Waals surface area contributed by atoms with Crippen molar-refractivity contribution in [2.24, 2.45) is 5.73 Å². The second-order valence-corrected chi connectivity index (χ2v) is 5.63. The maximum atomic E-state index is 12.1. The molecule has 1 amide bonds. The van der Waals surface area contributed by atoms with Crippen molar-refractivity contribution in [2.75, 3.05) is 0 Å². The van der Waals surface area contributed by atoms with E-state index in [1.807, 2.05) is 39.0 Å². The molecule has 0 radical (unpaired) electrons. The summed E-state index contributed by atoms with van der Waals surface area (Å²) in [6, 6.07) is 6.05. The summed E-state index contributed by atoms with van der Waals surface area (Å²) in [5.41, 5.74) is 8.50. The first-order valence-corrected chi connectivity index (χ1v) is 6.86. The number of carbonyl (C=O) groups is 1. The van der Waals surface area contributed by atoms with Gasteiger partial charge in [-0.1, -0.05) is 37.3 Å². The maximum Gasteiger partial charge on any atom is 0.225 e. The Morgan fingerprint density at radius 1 is 1.37 bits per heavy atom. The number of aryl methyl sites for hydroxylation is 2. The fourth-order valence-electron chi connectivity index (χ4n) is 1.78. The van der Waals surface area contributed by atoms with Gasteiger partial charge in [-0.3, -0.25) is 4.79 Å². The molecule has 0 aliphatic carbocycles. The molecule has 0 aliphatic heterocycles. The van der Waals surface area contributed by atoms with E-state index in [9.17, 15) is 4.79 Å². The number of amides is 1. The minimum absolute atomic E-state index is 0.0552. The number of nitrogens with one attached hydrogen (secondary N) is 1. The van der Waals surface area contributed by atoms with Gasteiger partial charge >= 0.3 is 0 Å². The third-order valence-electron chi connectivity index (χ3n) is 3.60. The van der Waals surface area contributed by atoms with E-state index >= 15 is 0 Å². The summed E-state index contributed by atoms with van der Waals surface area (Å²) in [5.74, 6) is -0.0552. The molecule has 0 aromatic heterocycles. The van der Waals surface area contributed by atoms with E-state index in [4.69, 9.17) is 18.0 Å². The number of benzene rings is 1. The molecule has 0 saturated carbocycles. The number of hydrogen-bond donors (Lipinski definition) is 2. The van der Waals surface area contributed by atoms with Crippen molar-refractivity contribution in [3.05, 3.63) is 34.9 Å². The quantitative estimate of drug-likeness (QED) is 0.813. The molecule has 0 bridgehead atoms. The Bertz CT molecular complexity index is 499. The molecule has 0 fully saturated rings. The topological polar surface area (TPSA) is 55.1 Å². The van der Waals surface area contributed by atoms with Crippen LogP contribution in [0.4, 0.5) is 0 Å². The second kappa shape index (κ2) is 6.15. The third kappa shape index (κ3) is 4.03. The van der Waals surface area contributed by atoms with Gasteiger partial charge in [-0.05, 0) is 43.9 Å². The molecule has 1 aromatic carbocycles. The largest absolute Gasteiger partial charge is 0.391 e. The Labute approximate surface area is 120 Å². The summed E-state index contributed by atoms with van der Waals surface area (Å²) in [6.45, 7) is 7.91. The van der Waals surface area contributed by atoms with Crippen molar-refractivity contribution < 1.29 is 4.79 Å². The molecule has 0 heterocycles. The lowest BCUT2D eigenvalue weighted by Crippen LogP contribution is -2.54. The molecule has 104 valence electrons. The number of nitrogens with two attached hydrogens (primary N) is 1. The maximum absolute atomic E-state index is 12.1. The highest BCUT2D eigenvalue weighted by atomic mass is 32.1. The van der Waals surface area contributed by atoms with Crippen molar-refractivity contribution in [1.29, 1.82) is 0 Å². The molecule has 3 N–H and O–H groups in total. The standard InChI is InChI=1S/C15H22N2OS/c1-5-15(4,14(16)19)17-13(18)9-12-7-6-10(2)11(3)8-12/h6-8H,5,9H2,1-4H3,(H2,16,19)(H,17,18). The molecule has 0 saturated heterocycles. The Morgan fingerprint density at radius 3 is 2.47 bits per heavy atom. The second-order valence-electron chi connectivity index (χ2n) is 5.19. The molecule has 1 rings (SSSR count). The molecule has 0 spiro atoms. The lowest BCUT2D eigenvalue weighted by molar-refractivity contribution is -0.121. The Kier molecular flexibility index (Phi) is 5.06. The highest BCUT2D eigenvalue weighted by Gasteiger charge is 2.27. The molecule has 1 atom stereocenters. The summed E-state index contributed by atoms with van der Waals surface area (Å²) in [6.07, 6.45) is 1.03. The van der Waals surface area contributed by atoms with Crippen LogP contribution in [0.25, 0.3) is 0 Å². The van der Waals surface area contributed by atoms with Crippen molar-refractivity contribution in [3.63, 3.8) is 0 Å². The van der Waals surface area contributed by atoms with Gasteiger partial charge in [0.2, 0.25) is 5.91 Å². The molecular formula is C15H22N2OS. The van der Waals surface area contributed by atoms with Crippen LogP contribution in [0.5, 0.6) is 0 Å². The van der Waals surface area contributed by atoms with E-state index in [0.29, 0.717) is 17.8 Å². The van der Waals surface area contributed by atoms with Crippen LogP contribution in [-0.4, -0.2) is 16.4 Å². The van der Waals surface area contributed by atoms with Crippen molar-refractivity contribution in [2.45, 2.75) is 46.1 Å². The molecule has 3 nitrogen and oxygen atoms in total. The average Bonchev–Trinajstić information content (AvgIpc) is 2.33. The van der Waals surface area contributed by atoms with E-state index in [1.165, 1.54) is 11.1 Å². The Morgan fingerprint density at radius 2 is 2.00 bits per heavy atom. The van der Waals surface area contributed by atoms with Crippen LogP contribution in [0.15, 0.2) is 18.2 Å². The SMILES string of the molecule is CCC(C)(NC(=O)Cc1ccc(C)c(C)c1)C(N)=S. The van der Waals surface area contributed by atoms with Crippen LogP contribution < -0.4 is 11.1 Å². The van der Waals surface area contributed by atoms with Gasteiger partial charge in [-0.25, -0.2) is 0 Å². The van der Waals surface area contributed by atoms with Crippen LogP contribution in [-0.2, 0) is 11.2 Å². The first-order valence-electron chi connectivity index (χ1n) is 6.45. The van der Waals surface area contributed by atoms with E-state index < -0.39 is 5.54 Å². The first-order chi connectivity index (χ1) is 8.78. The molecule has 4 heteroatoms. The van der Waals surface area contributed by atoms with Crippen LogP contribution in [0.1, 0.15) is 37.0 Å². The van der Waals surface area contributed by atoms with E-state index in [1.54, 1.807) is 0 Å². The zero-order chi connectivity index (χ0) is 14.6. The molecule has 0 aliphatic rings. The van der Waals surface area contributed by atoms with Crippen molar-refractivity contribution in [3.8, 4) is 0 Å². The summed E-state index contributed by atoms with van der Waals surface area (Å²) in [7, 11) is 0. The van der Waals surface area contributed by atoms with E-state index in [2.05, 4.69) is 12.2 Å². The zero-order valence-corrected chi connectivity index (χ0v) is 12.9. The van der Waals surface area contributed by atoms with Gasteiger partial charge in [0, 0.05) is 0 Å². The minimum Gasteiger partial charge on any atom is -0.391 e. The molecular weight excluding hydrogens is 256 g/mol. The Balaban J connectivity index is 2.75. The van der Waals surface area contributed by atoms with Crippen LogP contribution >= 0.6 is 12.2 Å². The normalized spacial score (nSPS) is 13.7. The van der Waals surface area contributed by atoms with Gasteiger partial charge in [0.15, 0.2) is 0 Å². The zero-order valence-electron chi connectivity index (χ0n) is 12.0. The van der Waals surface area contributed by atoms with Gasteiger partial charge < -0.3 is 11.1 Å². The van der Waals surface area contributed by atoms with Crippen LogP contribution in [0, 0.1) is 13.8 Å². The molecule has 1 unspecified atom stereocenters. The summed E-state index contributed by atoms with van der Waals surface area (Å²) < 4.78 is 0. The Hall–Kier alpha value is -1.42. The van der Waals surface area contributed by atoms with Gasteiger partial charge in [0.25, 0.3) is 0 Å². The van der Waals surface area contributed by atoms with Gasteiger partial charge in [-0.15, -0.1) is 0 Å². The number of rotatable bonds is 5. The summed E-state index contributed by atoms with van der Waals surface area (Å²) in [5, 5.41) is 2.92. The smallest absolute Gasteiger partial charge is 0.225 e. The van der Waals surface area contributed by atoms with E-state index in [0.717, 1.165) is 5.56 Å². The highest BCUT2D eigenvalue weighted by molar-refractivity contribution is 7.80. The van der Waals surface area contributed by atoms with Gasteiger partial charge in [0.05, 0.1) is 16.9 Å². The lowest BCUT2D eigenvalue weighted by atomic mass is 9.98. The predicted octanol–water partition coefficient (Wildman–Crippen LogP) is 2.42. The monoisotopic (exact) mass is 278 g/mol. The fraction of sp³-hybridized carbons (Fsp3) is 0.467. The van der Waals surface area contributed by atoms with Crippen LogP contribution in [0.3, 0.4) is 0 Å². The summed E-state index contributed by atoms with van der Waals surface area (Å²) >= 11 is 5.01. The van der Waals surface area contributed by atoms with Crippen molar-refractivity contribution >= 4 is 23.1 Å². The fourth-order valence-corrected chi connectivity index (χ4v) is 1.97. The third-order valence-corrected chi connectivity index (χ3v) is 4.05. The number of hydrogen-bond acceptors (Lipinski definition) is 2. The van der Waals surface area contributed by atoms with Crippen molar-refractivity contribution in [1.82, 2.24) is 5.32 Å². The van der Waals surface area contributed by atoms with Gasteiger partial charge in [0.1, 0.15) is 0 Å². The lowest BCUT2D eigenvalue weighted by Gasteiger charge is -2.28. The number of thiocarbonyl (C=S) groups is 1. The molecule has 1 aromatic rings. The summed E-state index contributed by atoms with van der Waals surface area (Å²) in [4.78, 5) is 12.4.